The second-order valence-electron chi connectivity index (χ2n) is 6.53. The van der Waals surface area contributed by atoms with E-state index >= 15 is 0 Å². The lowest BCUT2D eigenvalue weighted by Gasteiger charge is -2.13. The largest absolute Gasteiger partial charge is 0.513 e. The number of ether oxygens (including phenoxy) is 1. The maximum Gasteiger partial charge on any atom is 0.145 e. The summed E-state index contributed by atoms with van der Waals surface area (Å²) in [6, 6.07) is 5.35. The van der Waals surface area contributed by atoms with E-state index in [1.165, 1.54) is 0 Å². The number of nitrogens with zero attached hydrogens (tertiary/aromatic N) is 1. The minimum absolute atomic E-state index is 0.0619. The van der Waals surface area contributed by atoms with E-state index in [4.69, 9.17) is 32.5 Å². The zero-order chi connectivity index (χ0) is 19.3. The number of benzene rings is 1. The quantitative estimate of drug-likeness (QED) is 0.491. The molecule has 0 spiro atoms. The topological polar surface area (TPSA) is 55.5 Å². The molecule has 1 aromatic heterocycles. The molecule has 0 aliphatic heterocycles. The first-order valence-corrected chi connectivity index (χ1v) is 9.53. The summed E-state index contributed by atoms with van der Waals surface area (Å²) in [5.74, 6) is 1.28. The highest BCUT2D eigenvalue weighted by Gasteiger charge is 2.23. The summed E-state index contributed by atoms with van der Waals surface area (Å²) in [4.78, 5) is 0. The van der Waals surface area contributed by atoms with Crippen LogP contribution in [0.5, 0.6) is 0 Å². The van der Waals surface area contributed by atoms with Crippen LogP contribution < -0.4 is 0 Å². The standard InChI is InChI=1S/C20H25Cl2NO3/c1-5-14(24)10-9-13(4)25-11-15-19(23-26-20(15)12(2)3)18-16(21)7-6-8-17(18)22/h6-8,10,12-13,24H,5,9,11H2,1-4H3/b14-10+. The average molecular weight is 398 g/mol. The van der Waals surface area contributed by atoms with Crippen molar-refractivity contribution in [3.05, 3.63) is 51.4 Å². The summed E-state index contributed by atoms with van der Waals surface area (Å²) in [7, 11) is 0. The van der Waals surface area contributed by atoms with Gasteiger partial charge in [-0.15, -0.1) is 0 Å². The van der Waals surface area contributed by atoms with Gasteiger partial charge in [-0.1, -0.05) is 55.2 Å². The molecule has 1 aromatic carbocycles. The molecule has 0 radical (unpaired) electrons. The van der Waals surface area contributed by atoms with Crippen molar-refractivity contribution in [3.63, 3.8) is 0 Å². The Morgan fingerprint density at radius 2 is 1.92 bits per heavy atom. The van der Waals surface area contributed by atoms with E-state index in [-0.39, 0.29) is 12.0 Å². The van der Waals surface area contributed by atoms with Crippen LogP contribution in [-0.4, -0.2) is 16.4 Å². The first-order chi connectivity index (χ1) is 12.3. The summed E-state index contributed by atoms with van der Waals surface area (Å²) in [6.07, 6.45) is 2.97. The van der Waals surface area contributed by atoms with E-state index < -0.39 is 0 Å². The lowest BCUT2D eigenvalue weighted by Crippen LogP contribution is -2.09. The molecule has 26 heavy (non-hydrogen) atoms. The molecule has 1 heterocycles. The van der Waals surface area contributed by atoms with Crippen molar-refractivity contribution >= 4 is 23.2 Å². The maximum absolute atomic E-state index is 9.58. The van der Waals surface area contributed by atoms with Gasteiger partial charge in [0.25, 0.3) is 0 Å². The third kappa shape index (κ3) is 5.03. The molecule has 0 aliphatic carbocycles. The lowest BCUT2D eigenvalue weighted by molar-refractivity contribution is 0.0539. The van der Waals surface area contributed by atoms with Crippen molar-refractivity contribution in [1.29, 1.82) is 0 Å². The zero-order valence-corrected chi connectivity index (χ0v) is 17.1. The zero-order valence-electron chi connectivity index (χ0n) is 15.6. The first kappa shape index (κ1) is 20.8. The van der Waals surface area contributed by atoms with E-state index in [0.29, 0.717) is 46.5 Å². The maximum atomic E-state index is 9.58. The van der Waals surface area contributed by atoms with Crippen LogP contribution >= 0.6 is 23.2 Å². The van der Waals surface area contributed by atoms with E-state index in [0.717, 1.165) is 11.3 Å². The molecule has 6 heteroatoms. The molecule has 0 saturated carbocycles. The molecule has 2 rings (SSSR count). The predicted molar refractivity (Wildman–Crippen MR) is 106 cm³/mol. The number of hydrogen-bond donors (Lipinski definition) is 1. The van der Waals surface area contributed by atoms with Crippen LogP contribution in [0.4, 0.5) is 0 Å². The number of halogens is 2. The Hall–Kier alpha value is -1.49. The van der Waals surface area contributed by atoms with Gasteiger partial charge in [0, 0.05) is 23.5 Å². The molecule has 0 bridgehead atoms. The number of aliphatic hydroxyl groups is 1. The molecule has 0 fully saturated rings. The van der Waals surface area contributed by atoms with Crippen molar-refractivity contribution in [3.8, 4) is 11.3 Å². The van der Waals surface area contributed by atoms with Crippen molar-refractivity contribution in [1.82, 2.24) is 5.16 Å². The van der Waals surface area contributed by atoms with Crippen molar-refractivity contribution in [2.45, 2.75) is 59.2 Å². The average Bonchev–Trinajstić information content (AvgIpc) is 3.01. The van der Waals surface area contributed by atoms with Gasteiger partial charge in [-0.2, -0.15) is 0 Å². The molecular formula is C20H25Cl2NO3. The van der Waals surface area contributed by atoms with E-state index in [2.05, 4.69) is 5.16 Å². The molecule has 142 valence electrons. The highest BCUT2D eigenvalue weighted by Crippen LogP contribution is 2.38. The van der Waals surface area contributed by atoms with Gasteiger partial charge in [-0.25, -0.2) is 0 Å². The minimum Gasteiger partial charge on any atom is -0.513 e. The Morgan fingerprint density at radius 1 is 1.27 bits per heavy atom. The number of rotatable bonds is 8. The van der Waals surface area contributed by atoms with Crippen LogP contribution in [0.15, 0.2) is 34.6 Å². The molecule has 0 saturated heterocycles. The third-order valence-electron chi connectivity index (χ3n) is 4.10. The van der Waals surface area contributed by atoms with Gasteiger partial charge in [-0.05, 0) is 31.6 Å². The highest BCUT2D eigenvalue weighted by molar-refractivity contribution is 6.39. The van der Waals surface area contributed by atoms with Gasteiger partial charge in [0.05, 0.1) is 28.5 Å². The van der Waals surface area contributed by atoms with Crippen LogP contribution in [0.3, 0.4) is 0 Å². The summed E-state index contributed by atoms with van der Waals surface area (Å²) in [6.45, 7) is 8.27. The third-order valence-corrected chi connectivity index (χ3v) is 4.73. The molecule has 1 unspecified atom stereocenters. The second kappa shape index (κ2) is 9.45. The summed E-state index contributed by atoms with van der Waals surface area (Å²) < 4.78 is 11.5. The van der Waals surface area contributed by atoms with Gasteiger partial charge in [0.2, 0.25) is 0 Å². The number of hydrogen-bond acceptors (Lipinski definition) is 4. The minimum atomic E-state index is -0.0619. The summed E-state index contributed by atoms with van der Waals surface area (Å²) >= 11 is 12.7. The molecule has 0 amide bonds. The van der Waals surface area contributed by atoms with Crippen LogP contribution in [0.25, 0.3) is 11.3 Å². The fourth-order valence-electron chi connectivity index (χ4n) is 2.58. The summed E-state index contributed by atoms with van der Waals surface area (Å²) in [5, 5.41) is 14.8. The highest BCUT2D eigenvalue weighted by atomic mass is 35.5. The van der Waals surface area contributed by atoms with Gasteiger partial charge in [0.1, 0.15) is 11.5 Å². The Kier molecular flexibility index (Phi) is 7.56. The fourth-order valence-corrected chi connectivity index (χ4v) is 3.15. The lowest BCUT2D eigenvalue weighted by atomic mass is 10.0. The molecule has 0 aliphatic rings. The van der Waals surface area contributed by atoms with Crippen LogP contribution in [0.1, 0.15) is 57.8 Å². The second-order valence-corrected chi connectivity index (χ2v) is 7.35. The van der Waals surface area contributed by atoms with Gasteiger partial charge in [0.15, 0.2) is 0 Å². The Bertz CT molecular complexity index is 748. The molecule has 1 atom stereocenters. The Morgan fingerprint density at radius 3 is 2.50 bits per heavy atom. The van der Waals surface area contributed by atoms with Crippen LogP contribution in [-0.2, 0) is 11.3 Å². The molecular weight excluding hydrogens is 373 g/mol. The smallest absolute Gasteiger partial charge is 0.145 e. The monoisotopic (exact) mass is 397 g/mol. The number of aliphatic hydroxyl groups excluding tert-OH is 1. The molecule has 2 aromatic rings. The van der Waals surface area contributed by atoms with Crippen molar-refractivity contribution < 1.29 is 14.4 Å². The predicted octanol–water partition coefficient (Wildman–Crippen LogP) is 6.92. The molecule has 4 nitrogen and oxygen atoms in total. The Labute approximate surface area is 164 Å². The van der Waals surface area contributed by atoms with Crippen molar-refractivity contribution in [2.24, 2.45) is 0 Å². The van der Waals surface area contributed by atoms with Gasteiger partial charge >= 0.3 is 0 Å². The Balaban J connectivity index is 2.28. The van der Waals surface area contributed by atoms with E-state index in [9.17, 15) is 5.11 Å². The van der Waals surface area contributed by atoms with E-state index in [1.54, 1.807) is 24.3 Å². The van der Waals surface area contributed by atoms with Gasteiger partial charge in [-0.3, -0.25) is 0 Å². The number of aromatic nitrogens is 1. The van der Waals surface area contributed by atoms with Gasteiger partial charge < -0.3 is 14.4 Å². The van der Waals surface area contributed by atoms with Crippen LogP contribution in [0, 0.1) is 0 Å². The SMILES string of the molecule is CC/C(O)=C\CC(C)OCc1c(-c2c(Cl)cccc2Cl)noc1C(C)C. The van der Waals surface area contributed by atoms with Crippen molar-refractivity contribution in [2.75, 3.05) is 0 Å². The molecule has 1 N–H and O–H groups in total. The van der Waals surface area contributed by atoms with E-state index in [1.807, 2.05) is 27.7 Å². The summed E-state index contributed by atoms with van der Waals surface area (Å²) in [5.41, 5.74) is 2.12. The number of allylic oxidation sites excluding steroid dienone is 1. The fraction of sp³-hybridized carbons (Fsp3) is 0.450. The van der Waals surface area contributed by atoms with Crippen LogP contribution in [0.2, 0.25) is 10.0 Å². The normalized spacial score (nSPS) is 13.4. The first-order valence-electron chi connectivity index (χ1n) is 8.77.